The van der Waals surface area contributed by atoms with Gasteiger partial charge in [-0.15, -0.1) is 0 Å². The van der Waals surface area contributed by atoms with Crippen molar-refractivity contribution in [2.75, 3.05) is 0 Å². The molecule has 0 aliphatic rings. The van der Waals surface area contributed by atoms with Gasteiger partial charge in [0.15, 0.2) is 0 Å². The molecule has 0 saturated carbocycles. The zero-order chi connectivity index (χ0) is 13.7. The summed E-state index contributed by atoms with van der Waals surface area (Å²) >= 11 is 0. The molecule has 0 fully saturated rings. The van der Waals surface area contributed by atoms with Gasteiger partial charge in [-0.1, -0.05) is 30.3 Å². The zero-order valence-corrected chi connectivity index (χ0v) is 11.6. The quantitative estimate of drug-likeness (QED) is 0.617. The molecule has 0 aliphatic carbocycles. The highest BCUT2D eigenvalue weighted by Crippen LogP contribution is 2.19. The number of aryl methyl sites for hydroxylation is 3. The number of hydrazine groups is 1. The third-order valence-corrected chi connectivity index (χ3v) is 3.36. The summed E-state index contributed by atoms with van der Waals surface area (Å²) in [4.78, 5) is 0. The van der Waals surface area contributed by atoms with Crippen LogP contribution in [0.2, 0.25) is 0 Å². The van der Waals surface area contributed by atoms with Crippen LogP contribution >= 0.6 is 0 Å². The number of nitrogens with zero attached hydrogens (tertiary/aromatic N) is 2. The highest BCUT2D eigenvalue weighted by molar-refractivity contribution is 5.17. The molecular weight excluding hydrogens is 236 g/mol. The average Bonchev–Trinajstić information content (AvgIpc) is 2.82. The summed E-state index contributed by atoms with van der Waals surface area (Å²) in [5, 5.41) is 4.47. The van der Waals surface area contributed by atoms with Gasteiger partial charge in [-0.3, -0.25) is 16.0 Å². The van der Waals surface area contributed by atoms with E-state index in [4.69, 9.17) is 5.84 Å². The first kappa shape index (κ1) is 13.8. The van der Waals surface area contributed by atoms with Crippen LogP contribution in [0.15, 0.2) is 36.4 Å². The lowest BCUT2D eigenvalue weighted by Gasteiger charge is -2.17. The first-order chi connectivity index (χ1) is 9.24. The molecule has 19 heavy (non-hydrogen) atoms. The minimum absolute atomic E-state index is 0.140. The summed E-state index contributed by atoms with van der Waals surface area (Å²) in [6.45, 7) is 4.98. The van der Waals surface area contributed by atoms with Gasteiger partial charge in [-0.25, -0.2) is 0 Å². The number of hydrogen-bond donors (Lipinski definition) is 2. The number of benzene rings is 1. The highest BCUT2D eigenvalue weighted by atomic mass is 15.3. The standard InChI is InChI=1S/C15H22N4/c1-3-19-15(11-12(2)18-19)14(17-16)10-9-13-7-5-4-6-8-13/h4-8,11,14,17H,3,9-10,16H2,1-2H3. The Labute approximate surface area is 114 Å². The van der Waals surface area contributed by atoms with E-state index in [9.17, 15) is 0 Å². The molecule has 0 bridgehead atoms. The lowest BCUT2D eigenvalue weighted by Crippen LogP contribution is -2.30. The maximum absolute atomic E-state index is 5.71. The SMILES string of the molecule is CCn1nc(C)cc1C(CCc1ccccc1)NN. The molecule has 1 atom stereocenters. The Hall–Kier alpha value is -1.65. The Morgan fingerprint density at radius 1 is 1.32 bits per heavy atom. The Kier molecular flexibility index (Phi) is 4.71. The van der Waals surface area contributed by atoms with Crippen LogP contribution in [0.5, 0.6) is 0 Å². The van der Waals surface area contributed by atoms with E-state index in [2.05, 4.69) is 47.8 Å². The molecule has 3 N–H and O–H groups in total. The highest BCUT2D eigenvalue weighted by Gasteiger charge is 2.15. The third-order valence-electron chi connectivity index (χ3n) is 3.36. The zero-order valence-electron chi connectivity index (χ0n) is 11.6. The molecular formula is C15H22N4. The smallest absolute Gasteiger partial charge is 0.0632 e. The first-order valence-electron chi connectivity index (χ1n) is 6.79. The van der Waals surface area contributed by atoms with Crippen molar-refractivity contribution in [1.82, 2.24) is 15.2 Å². The van der Waals surface area contributed by atoms with Gasteiger partial charge in [0.25, 0.3) is 0 Å². The van der Waals surface area contributed by atoms with E-state index in [0.717, 1.165) is 25.1 Å². The van der Waals surface area contributed by atoms with E-state index in [1.54, 1.807) is 0 Å². The molecule has 2 aromatic rings. The maximum atomic E-state index is 5.71. The van der Waals surface area contributed by atoms with Gasteiger partial charge in [0.05, 0.1) is 17.4 Å². The van der Waals surface area contributed by atoms with E-state index in [-0.39, 0.29) is 6.04 Å². The molecule has 0 spiro atoms. The van der Waals surface area contributed by atoms with Gasteiger partial charge in [0.2, 0.25) is 0 Å². The predicted molar refractivity (Wildman–Crippen MR) is 77.5 cm³/mol. The second kappa shape index (κ2) is 6.50. The fourth-order valence-corrected chi connectivity index (χ4v) is 2.37. The molecule has 1 aromatic carbocycles. The lowest BCUT2D eigenvalue weighted by atomic mass is 10.0. The molecule has 0 aliphatic heterocycles. The van der Waals surface area contributed by atoms with Crippen LogP contribution in [0, 0.1) is 6.92 Å². The van der Waals surface area contributed by atoms with E-state index in [0.29, 0.717) is 0 Å². The summed E-state index contributed by atoms with van der Waals surface area (Å²) in [5.74, 6) is 5.71. The van der Waals surface area contributed by atoms with Crippen molar-refractivity contribution in [3.63, 3.8) is 0 Å². The van der Waals surface area contributed by atoms with Crippen molar-refractivity contribution >= 4 is 0 Å². The number of hydrogen-bond acceptors (Lipinski definition) is 3. The third kappa shape index (κ3) is 3.43. The Morgan fingerprint density at radius 3 is 2.68 bits per heavy atom. The second-order valence-electron chi connectivity index (χ2n) is 4.77. The van der Waals surface area contributed by atoms with Crippen LogP contribution in [-0.2, 0) is 13.0 Å². The lowest BCUT2D eigenvalue weighted by molar-refractivity contribution is 0.466. The van der Waals surface area contributed by atoms with Crippen molar-refractivity contribution in [3.05, 3.63) is 53.3 Å². The molecule has 1 aromatic heterocycles. The molecule has 4 nitrogen and oxygen atoms in total. The molecule has 102 valence electrons. The summed E-state index contributed by atoms with van der Waals surface area (Å²) in [7, 11) is 0. The van der Waals surface area contributed by atoms with E-state index >= 15 is 0 Å². The van der Waals surface area contributed by atoms with Gasteiger partial charge in [0, 0.05) is 6.54 Å². The van der Waals surface area contributed by atoms with Crippen LogP contribution in [0.3, 0.4) is 0 Å². The van der Waals surface area contributed by atoms with Crippen LogP contribution in [0.1, 0.15) is 36.3 Å². The van der Waals surface area contributed by atoms with E-state index in [1.165, 1.54) is 11.3 Å². The Morgan fingerprint density at radius 2 is 2.05 bits per heavy atom. The topological polar surface area (TPSA) is 55.9 Å². The number of nitrogens with one attached hydrogen (secondary N) is 1. The van der Waals surface area contributed by atoms with Crippen molar-refractivity contribution in [3.8, 4) is 0 Å². The Bertz CT molecular complexity index is 504. The number of nitrogens with two attached hydrogens (primary N) is 1. The van der Waals surface area contributed by atoms with Crippen LogP contribution < -0.4 is 11.3 Å². The van der Waals surface area contributed by atoms with Gasteiger partial charge in [-0.2, -0.15) is 5.10 Å². The van der Waals surface area contributed by atoms with E-state index < -0.39 is 0 Å². The normalized spacial score (nSPS) is 12.6. The summed E-state index contributed by atoms with van der Waals surface area (Å²) in [5.41, 5.74) is 6.45. The number of aromatic nitrogens is 2. The predicted octanol–water partition coefficient (Wildman–Crippen LogP) is 2.35. The molecule has 0 saturated heterocycles. The molecule has 1 unspecified atom stereocenters. The summed E-state index contributed by atoms with van der Waals surface area (Å²) in [6.07, 6.45) is 1.97. The van der Waals surface area contributed by atoms with Gasteiger partial charge in [0.1, 0.15) is 0 Å². The maximum Gasteiger partial charge on any atom is 0.0632 e. The largest absolute Gasteiger partial charge is 0.271 e. The van der Waals surface area contributed by atoms with Gasteiger partial charge >= 0.3 is 0 Å². The van der Waals surface area contributed by atoms with Crippen molar-refractivity contribution in [2.24, 2.45) is 5.84 Å². The molecule has 4 heteroatoms. The summed E-state index contributed by atoms with van der Waals surface area (Å²) < 4.78 is 2.02. The van der Waals surface area contributed by atoms with Crippen molar-refractivity contribution in [2.45, 2.75) is 39.3 Å². The minimum Gasteiger partial charge on any atom is -0.271 e. The van der Waals surface area contributed by atoms with Crippen molar-refractivity contribution < 1.29 is 0 Å². The monoisotopic (exact) mass is 258 g/mol. The van der Waals surface area contributed by atoms with Crippen molar-refractivity contribution in [1.29, 1.82) is 0 Å². The van der Waals surface area contributed by atoms with Crippen LogP contribution in [-0.4, -0.2) is 9.78 Å². The second-order valence-corrected chi connectivity index (χ2v) is 4.77. The fourth-order valence-electron chi connectivity index (χ4n) is 2.37. The van der Waals surface area contributed by atoms with Crippen LogP contribution in [0.25, 0.3) is 0 Å². The summed E-state index contributed by atoms with van der Waals surface area (Å²) in [6, 6.07) is 12.7. The first-order valence-corrected chi connectivity index (χ1v) is 6.79. The van der Waals surface area contributed by atoms with E-state index in [1.807, 2.05) is 17.7 Å². The van der Waals surface area contributed by atoms with Crippen LogP contribution in [0.4, 0.5) is 0 Å². The molecule has 1 heterocycles. The Balaban J connectivity index is 2.07. The molecule has 0 radical (unpaired) electrons. The van der Waals surface area contributed by atoms with Gasteiger partial charge < -0.3 is 0 Å². The number of rotatable bonds is 6. The average molecular weight is 258 g/mol. The molecule has 0 amide bonds. The molecule has 2 rings (SSSR count). The van der Waals surface area contributed by atoms with Gasteiger partial charge in [-0.05, 0) is 38.3 Å². The fraction of sp³-hybridized carbons (Fsp3) is 0.400. The minimum atomic E-state index is 0.140.